The topological polar surface area (TPSA) is 82.4 Å². The van der Waals surface area contributed by atoms with Crippen LogP contribution >= 0.6 is 0 Å². The van der Waals surface area contributed by atoms with Crippen molar-refractivity contribution in [3.63, 3.8) is 0 Å². The molecule has 1 aliphatic heterocycles. The van der Waals surface area contributed by atoms with Crippen molar-refractivity contribution in [2.24, 2.45) is 5.92 Å². The largest absolute Gasteiger partial charge is 0.457 e. The second-order valence-corrected chi connectivity index (χ2v) is 9.13. The van der Waals surface area contributed by atoms with Crippen LogP contribution in [0.3, 0.4) is 0 Å². The molecular weight excluding hydrogens is 397 g/mol. The summed E-state index contributed by atoms with van der Waals surface area (Å²) in [6.07, 6.45) is 1.40. The summed E-state index contributed by atoms with van der Waals surface area (Å²) in [4.78, 5) is 24.5. The number of nitrogens with zero attached hydrogens (tertiary/aromatic N) is 1. The molecule has 0 N–H and O–H groups in total. The summed E-state index contributed by atoms with van der Waals surface area (Å²) in [5.74, 6) is -1.77. The van der Waals surface area contributed by atoms with Gasteiger partial charge in [-0.1, -0.05) is 18.2 Å². The standard InChI is InChI=1S/C21H22FNO5S/c1-14-9-19(15(2)23(14)11-16-3-5-18(22)6-4-16)20(24)12-28-21(25)10-17-7-8-29(26,27)13-17/h3-9,17H,10-13H2,1-2H3. The van der Waals surface area contributed by atoms with Crippen molar-refractivity contribution >= 4 is 21.6 Å². The van der Waals surface area contributed by atoms with Crippen molar-refractivity contribution in [3.05, 3.63) is 70.1 Å². The van der Waals surface area contributed by atoms with Crippen LogP contribution in [0.2, 0.25) is 0 Å². The minimum absolute atomic E-state index is 0.0768. The van der Waals surface area contributed by atoms with Crippen molar-refractivity contribution in [2.45, 2.75) is 26.8 Å². The highest BCUT2D eigenvalue weighted by Crippen LogP contribution is 2.20. The molecule has 0 spiro atoms. The molecule has 1 aromatic carbocycles. The summed E-state index contributed by atoms with van der Waals surface area (Å²) < 4.78 is 42.8. The first-order chi connectivity index (χ1) is 13.6. The number of allylic oxidation sites excluding steroid dienone is 1. The second kappa shape index (κ2) is 8.32. The molecule has 1 aliphatic rings. The zero-order valence-corrected chi connectivity index (χ0v) is 17.0. The molecule has 29 heavy (non-hydrogen) atoms. The van der Waals surface area contributed by atoms with Gasteiger partial charge in [-0.15, -0.1) is 0 Å². The predicted molar refractivity (Wildman–Crippen MR) is 106 cm³/mol. The Morgan fingerprint density at radius 3 is 2.52 bits per heavy atom. The molecular formula is C21H22FNO5S. The predicted octanol–water partition coefficient (Wildman–Crippen LogP) is 2.97. The maximum atomic E-state index is 13.1. The van der Waals surface area contributed by atoms with E-state index >= 15 is 0 Å². The van der Waals surface area contributed by atoms with E-state index in [0.29, 0.717) is 12.1 Å². The van der Waals surface area contributed by atoms with Crippen LogP contribution in [0.5, 0.6) is 0 Å². The lowest BCUT2D eigenvalue weighted by molar-refractivity contribution is -0.143. The van der Waals surface area contributed by atoms with Crippen molar-refractivity contribution in [1.29, 1.82) is 0 Å². The van der Waals surface area contributed by atoms with E-state index in [0.717, 1.165) is 22.4 Å². The Kier molecular flexibility index (Phi) is 6.02. The van der Waals surface area contributed by atoms with Crippen LogP contribution in [0.1, 0.15) is 33.7 Å². The fraction of sp³-hybridized carbons (Fsp3) is 0.333. The van der Waals surface area contributed by atoms with Gasteiger partial charge in [-0.25, -0.2) is 12.8 Å². The van der Waals surface area contributed by atoms with Gasteiger partial charge >= 0.3 is 5.97 Å². The number of Topliss-reactive ketones (excluding diaryl/α,β-unsaturated/α-hetero) is 1. The van der Waals surface area contributed by atoms with Gasteiger partial charge in [-0.05, 0) is 37.6 Å². The van der Waals surface area contributed by atoms with Crippen LogP contribution in [0.4, 0.5) is 4.39 Å². The molecule has 1 atom stereocenters. The number of aromatic nitrogens is 1. The molecule has 0 radical (unpaired) electrons. The minimum Gasteiger partial charge on any atom is -0.457 e. The number of carbonyl (C=O) groups is 2. The molecule has 2 heterocycles. The minimum atomic E-state index is -3.23. The van der Waals surface area contributed by atoms with E-state index in [1.54, 1.807) is 25.1 Å². The molecule has 8 heteroatoms. The first-order valence-electron chi connectivity index (χ1n) is 9.15. The molecule has 0 saturated carbocycles. The molecule has 1 aromatic heterocycles. The quantitative estimate of drug-likeness (QED) is 0.509. The second-order valence-electron chi connectivity index (χ2n) is 7.20. The lowest BCUT2D eigenvalue weighted by Crippen LogP contribution is -2.18. The number of rotatable bonds is 7. The highest BCUT2D eigenvalue weighted by molar-refractivity contribution is 7.94. The van der Waals surface area contributed by atoms with Crippen LogP contribution < -0.4 is 0 Å². The number of hydrogen-bond acceptors (Lipinski definition) is 5. The van der Waals surface area contributed by atoms with Gasteiger partial charge in [0.1, 0.15) is 5.82 Å². The van der Waals surface area contributed by atoms with Gasteiger partial charge in [0, 0.05) is 34.8 Å². The van der Waals surface area contributed by atoms with Crippen LogP contribution in [-0.2, 0) is 25.9 Å². The molecule has 0 fully saturated rings. The SMILES string of the molecule is Cc1cc(C(=O)COC(=O)CC2C=CS(=O)(=O)C2)c(C)n1Cc1ccc(F)cc1. The smallest absolute Gasteiger partial charge is 0.306 e. The van der Waals surface area contributed by atoms with E-state index in [9.17, 15) is 22.4 Å². The van der Waals surface area contributed by atoms with Crippen molar-refractivity contribution in [1.82, 2.24) is 4.57 Å². The van der Waals surface area contributed by atoms with Crippen molar-refractivity contribution in [2.75, 3.05) is 12.4 Å². The normalized spacial score (nSPS) is 17.4. The number of sulfone groups is 1. The van der Waals surface area contributed by atoms with Gasteiger partial charge in [-0.2, -0.15) is 0 Å². The lowest BCUT2D eigenvalue weighted by Gasteiger charge is -2.10. The molecule has 2 aromatic rings. The number of carbonyl (C=O) groups excluding carboxylic acids is 2. The van der Waals surface area contributed by atoms with Gasteiger partial charge < -0.3 is 9.30 Å². The fourth-order valence-corrected chi connectivity index (χ4v) is 4.76. The molecule has 3 rings (SSSR count). The number of ether oxygens (including phenoxy) is 1. The maximum absolute atomic E-state index is 13.1. The summed E-state index contributed by atoms with van der Waals surface area (Å²) in [6, 6.07) is 7.89. The third-order valence-corrected chi connectivity index (χ3v) is 6.39. The lowest BCUT2D eigenvalue weighted by atomic mass is 10.1. The first kappa shape index (κ1) is 21.0. The van der Waals surface area contributed by atoms with E-state index in [1.807, 2.05) is 11.5 Å². The molecule has 0 amide bonds. The summed E-state index contributed by atoms with van der Waals surface area (Å²) in [7, 11) is -3.23. The summed E-state index contributed by atoms with van der Waals surface area (Å²) in [6.45, 7) is 3.77. The Hall–Kier alpha value is -2.74. The highest BCUT2D eigenvalue weighted by Gasteiger charge is 2.25. The summed E-state index contributed by atoms with van der Waals surface area (Å²) in [5.41, 5.74) is 2.96. The molecule has 154 valence electrons. The average Bonchev–Trinajstić information content (AvgIpc) is 3.14. The Labute approximate surface area is 168 Å². The number of halogens is 1. The Balaban J connectivity index is 1.60. The van der Waals surface area contributed by atoms with E-state index in [1.165, 1.54) is 18.2 Å². The Morgan fingerprint density at radius 2 is 1.90 bits per heavy atom. The maximum Gasteiger partial charge on any atom is 0.306 e. The van der Waals surface area contributed by atoms with Crippen molar-refractivity contribution in [3.8, 4) is 0 Å². The fourth-order valence-electron chi connectivity index (χ4n) is 3.36. The number of aryl methyl sites for hydroxylation is 1. The monoisotopic (exact) mass is 419 g/mol. The molecule has 0 saturated heterocycles. The van der Waals surface area contributed by atoms with E-state index < -0.39 is 28.3 Å². The molecule has 6 nitrogen and oxygen atoms in total. The third-order valence-electron chi connectivity index (χ3n) is 4.93. The van der Waals surface area contributed by atoms with Gasteiger partial charge in [0.2, 0.25) is 5.78 Å². The van der Waals surface area contributed by atoms with Gasteiger partial charge in [-0.3, -0.25) is 9.59 Å². The van der Waals surface area contributed by atoms with E-state index in [4.69, 9.17) is 4.74 Å². The Bertz CT molecular complexity index is 1070. The van der Waals surface area contributed by atoms with Crippen LogP contribution in [-0.4, -0.2) is 37.1 Å². The van der Waals surface area contributed by atoms with Crippen LogP contribution in [0.25, 0.3) is 0 Å². The third kappa shape index (κ3) is 5.20. The van der Waals surface area contributed by atoms with Crippen LogP contribution in [0.15, 0.2) is 41.8 Å². The molecule has 0 aliphatic carbocycles. The number of hydrogen-bond donors (Lipinski definition) is 0. The Morgan fingerprint density at radius 1 is 1.21 bits per heavy atom. The highest BCUT2D eigenvalue weighted by atomic mass is 32.2. The van der Waals surface area contributed by atoms with Crippen LogP contribution in [0, 0.1) is 25.6 Å². The first-order valence-corrected chi connectivity index (χ1v) is 10.9. The summed E-state index contributed by atoms with van der Waals surface area (Å²) in [5, 5.41) is 1.10. The number of benzene rings is 1. The zero-order chi connectivity index (χ0) is 21.2. The van der Waals surface area contributed by atoms with Gasteiger partial charge in [0.05, 0.1) is 12.2 Å². The average molecular weight is 419 g/mol. The zero-order valence-electron chi connectivity index (χ0n) is 16.2. The van der Waals surface area contributed by atoms with Gasteiger partial charge in [0.15, 0.2) is 16.4 Å². The molecule has 0 bridgehead atoms. The molecule has 1 unspecified atom stereocenters. The van der Waals surface area contributed by atoms with Gasteiger partial charge in [0.25, 0.3) is 0 Å². The number of ketones is 1. The van der Waals surface area contributed by atoms with Crippen molar-refractivity contribution < 1.29 is 27.1 Å². The van der Waals surface area contributed by atoms with E-state index in [-0.39, 0.29) is 23.8 Å². The van der Waals surface area contributed by atoms with E-state index in [2.05, 4.69) is 0 Å². The summed E-state index contributed by atoms with van der Waals surface area (Å²) >= 11 is 0. The number of esters is 1.